The topological polar surface area (TPSA) is 112 Å². The van der Waals surface area contributed by atoms with Crippen molar-refractivity contribution in [2.24, 2.45) is 0 Å². The van der Waals surface area contributed by atoms with Gasteiger partial charge in [-0.2, -0.15) is 21.6 Å². The maximum absolute atomic E-state index is 14.0. The van der Waals surface area contributed by atoms with Crippen LogP contribution >= 0.6 is 0 Å². The van der Waals surface area contributed by atoms with E-state index in [-0.39, 0.29) is 30.4 Å². The van der Waals surface area contributed by atoms with E-state index in [0.29, 0.717) is 18.1 Å². The molecule has 0 unspecified atom stereocenters. The van der Waals surface area contributed by atoms with Crippen LogP contribution in [0.25, 0.3) is 11.3 Å². The van der Waals surface area contributed by atoms with Crippen LogP contribution in [0.1, 0.15) is 37.3 Å². The first-order chi connectivity index (χ1) is 17.9. The van der Waals surface area contributed by atoms with E-state index in [1.165, 1.54) is 18.2 Å². The van der Waals surface area contributed by atoms with Crippen LogP contribution in [-0.4, -0.2) is 42.0 Å². The van der Waals surface area contributed by atoms with E-state index >= 15 is 0 Å². The Labute approximate surface area is 216 Å². The number of carboxylic acid groups (broad SMARTS) is 1. The first kappa shape index (κ1) is 27.3. The molecule has 38 heavy (non-hydrogen) atoms. The average Bonchev–Trinajstić information content (AvgIpc) is 3.68. The minimum Gasteiger partial charge on any atom is -0.481 e. The summed E-state index contributed by atoms with van der Waals surface area (Å²) in [4.78, 5) is 20.9. The lowest BCUT2D eigenvalue weighted by molar-refractivity contribution is -0.138. The fourth-order valence-corrected chi connectivity index (χ4v) is 4.98. The molecule has 2 heterocycles. The summed E-state index contributed by atoms with van der Waals surface area (Å²) in [6.45, 7) is 1.83. The molecular formula is C25H24F4N4O4S. The third kappa shape index (κ3) is 6.21. The Morgan fingerprint density at radius 2 is 1.87 bits per heavy atom. The molecule has 0 saturated heterocycles. The highest BCUT2D eigenvalue weighted by molar-refractivity contribution is 7.92. The van der Waals surface area contributed by atoms with Crippen molar-refractivity contribution in [1.29, 1.82) is 0 Å². The lowest BCUT2D eigenvalue weighted by atomic mass is 9.98. The van der Waals surface area contributed by atoms with Gasteiger partial charge in [-0.25, -0.2) is 14.4 Å². The van der Waals surface area contributed by atoms with Crippen molar-refractivity contribution >= 4 is 27.6 Å². The summed E-state index contributed by atoms with van der Waals surface area (Å²) in [5.41, 5.74) is -1.44. The van der Waals surface area contributed by atoms with E-state index < -0.39 is 50.1 Å². The van der Waals surface area contributed by atoms with Crippen molar-refractivity contribution in [3.63, 3.8) is 0 Å². The number of nitrogens with one attached hydrogen (secondary N) is 1. The number of carbonyl (C=O) groups is 1. The molecule has 1 fully saturated rings. The molecular weight excluding hydrogens is 528 g/mol. The van der Waals surface area contributed by atoms with Gasteiger partial charge in [0.15, 0.2) is 5.03 Å². The zero-order valence-corrected chi connectivity index (χ0v) is 21.0. The monoisotopic (exact) mass is 552 g/mol. The molecule has 0 aliphatic heterocycles. The quantitative estimate of drug-likeness (QED) is 0.336. The summed E-state index contributed by atoms with van der Waals surface area (Å²) in [7, 11) is -4.40. The second-order valence-electron chi connectivity index (χ2n) is 8.75. The van der Waals surface area contributed by atoms with Crippen LogP contribution in [0.3, 0.4) is 0 Å². The second kappa shape index (κ2) is 10.6. The zero-order valence-electron chi connectivity index (χ0n) is 20.2. The summed E-state index contributed by atoms with van der Waals surface area (Å²) in [5.74, 6) is -1.90. The molecule has 202 valence electrons. The van der Waals surface area contributed by atoms with Crippen LogP contribution in [0, 0.1) is 5.82 Å². The van der Waals surface area contributed by atoms with Gasteiger partial charge in [-0.15, -0.1) is 0 Å². The van der Waals surface area contributed by atoms with Gasteiger partial charge in [-0.1, -0.05) is 19.1 Å². The van der Waals surface area contributed by atoms with Crippen molar-refractivity contribution in [2.45, 2.75) is 49.9 Å². The SMILES string of the molecule is CCc1ccc(F)cc1-c1nc(NS(=O)(=O)c2cccc(N(CCC(=O)O)C3CC3)n2)ccc1C(F)(F)F. The van der Waals surface area contributed by atoms with E-state index in [1.807, 2.05) is 0 Å². The van der Waals surface area contributed by atoms with Gasteiger partial charge < -0.3 is 10.0 Å². The van der Waals surface area contributed by atoms with Gasteiger partial charge in [0, 0.05) is 18.2 Å². The molecule has 2 N–H and O–H groups in total. The summed E-state index contributed by atoms with van der Waals surface area (Å²) >= 11 is 0. The number of aryl methyl sites for hydroxylation is 1. The zero-order chi connectivity index (χ0) is 27.7. The van der Waals surface area contributed by atoms with E-state index in [0.717, 1.165) is 31.0 Å². The maximum Gasteiger partial charge on any atom is 0.418 e. The van der Waals surface area contributed by atoms with E-state index in [4.69, 9.17) is 5.11 Å². The summed E-state index contributed by atoms with van der Waals surface area (Å²) in [6, 6.07) is 9.24. The predicted octanol–water partition coefficient (Wildman–Crippen LogP) is 5.11. The van der Waals surface area contributed by atoms with E-state index in [9.17, 15) is 30.8 Å². The number of anilines is 2. The Kier molecular flexibility index (Phi) is 7.58. The van der Waals surface area contributed by atoms with Gasteiger partial charge in [0.25, 0.3) is 10.0 Å². The van der Waals surface area contributed by atoms with Gasteiger partial charge in [-0.3, -0.25) is 9.52 Å². The Morgan fingerprint density at radius 1 is 1.13 bits per heavy atom. The third-order valence-corrected chi connectivity index (χ3v) is 7.24. The predicted molar refractivity (Wildman–Crippen MR) is 132 cm³/mol. The van der Waals surface area contributed by atoms with Crippen molar-refractivity contribution in [1.82, 2.24) is 9.97 Å². The van der Waals surface area contributed by atoms with E-state index in [2.05, 4.69) is 14.7 Å². The first-order valence-corrected chi connectivity index (χ1v) is 13.2. The molecule has 0 radical (unpaired) electrons. The Bertz CT molecular complexity index is 1460. The minimum absolute atomic E-state index is 0.0472. The summed E-state index contributed by atoms with van der Waals surface area (Å²) in [5, 5.41) is 8.61. The smallest absolute Gasteiger partial charge is 0.418 e. The molecule has 0 bridgehead atoms. The highest BCUT2D eigenvalue weighted by Gasteiger charge is 2.36. The molecule has 1 aromatic carbocycles. The third-order valence-electron chi connectivity index (χ3n) is 5.98. The molecule has 0 spiro atoms. The van der Waals surface area contributed by atoms with Gasteiger partial charge in [0.2, 0.25) is 0 Å². The molecule has 4 rings (SSSR count). The number of nitrogens with zero attached hydrogens (tertiary/aromatic N) is 3. The number of aromatic nitrogens is 2. The Hall–Kier alpha value is -3.74. The largest absolute Gasteiger partial charge is 0.481 e. The van der Waals surface area contributed by atoms with Crippen LogP contribution in [0.4, 0.5) is 29.2 Å². The first-order valence-electron chi connectivity index (χ1n) is 11.7. The van der Waals surface area contributed by atoms with Gasteiger partial charge >= 0.3 is 12.1 Å². The summed E-state index contributed by atoms with van der Waals surface area (Å²) in [6.07, 6.45) is -3.06. The van der Waals surface area contributed by atoms with Crippen LogP contribution in [0.5, 0.6) is 0 Å². The molecule has 13 heteroatoms. The van der Waals surface area contributed by atoms with Gasteiger partial charge in [0.05, 0.1) is 17.7 Å². The lowest BCUT2D eigenvalue weighted by Crippen LogP contribution is -2.29. The number of alkyl halides is 3. The number of halogens is 4. The maximum atomic E-state index is 14.0. The molecule has 0 amide bonds. The van der Waals surface area contributed by atoms with Crippen molar-refractivity contribution in [2.75, 3.05) is 16.2 Å². The Morgan fingerprint density at radius 3 is 2.50 bits per heavy atom. The van der Waals surface area contributed by atoms with Crippen molar-refractivity contribution in [3.8, 4) is 11.3 Å². The van der Waals surface area contributed by atoms with Crippen molar-refractivity contribution < 1.29 is 35.9 Å². The highest BCUT2D eigenvalue weighted by Crippen LogP contribution is 2.38. The van der Waals surface area contributed by atoms with Crippen molar-refractivity contribution in [3.05, 3.63) is 65.5 Å². The second-order valence-corrected chi connectivity index (χ2v) is 10.4. The number of hydrogen-bond donors (Lipinski definition) is 2. The van der Waals surface area contributed by atoms with Crippen LogP contribution in [-0.2, 0) is 27.4 Å². The van der Waals surface area contributed by atoms with E-state index in [1.54, 1.807) is 17.9 Å². The molecule has 3 aromatic rings. The fraction of sp³-hybridized carbons (Fsp3) is 0.320. The molecule has 0 atom stereocenters. The van der Waals surface area contributed by atoms with Gasteiger partial charge in [0.1, 0.15) is 17.5 Å². The molecule has 1 aliphatic rings. The molecule has 1 aliphatic carbocycles. The molecule has 1 saturated carbocycles. The number of hydrogen-bond acceptors (Lipinski definition) is 6. The lowest BCUT2D eigenvalue weighted by Gasteiger charge is -2.23. The fourth-order valence-electron chi connectivity index (χ4n) is 4.02. The number of rotatable bonds is 10. The number of benzene rings is 1. The van der Waals surface area contributed by atoms with Crippen LogP contribution in [0.2, 0.25) is 0 Å². The molecule has 2 aromatic heterocycles. The minimum atomic E-state index is -4.82. The van der Waals surface area contributed by atoms with Crippen LogP contribution in [0.15, 0.2) is 53.6 Å². The normalized spacial score (nSPS) is 13.8. The standard InChI is InChI=1S/C25H24F4N4O4S/c1-2-15-6-7-16(26)14-18(15)24-19(25(27,28)29)10-11-20(30-24)32-38(36,37)22-5-3-4-21(31-22)33(17-8-9-17)13-12-23(34)35/h3-7,10-11,14,17H,2,8-9,12-13H2,1H3,(H,30,32)(H,34,35). The van der Waals surface area contributed by atoms with Gasteiger partial charge in [-0.05, 0) is 61.2 Å². The molecule has 8 nitrogen and oxygen atoms in total. The Balaban J connectivity index is 1.70. The average molecular weight is 553 g/mol. The summed E-state index contributed by atoms with van der Waals surface area (Å²) < 4.78 is 83.8. The number of pyridine rings is 2. The van der Waals surface area contributed by atoms with Crippen LogP contribution < -0.4 is 9.62 Å². The highest BCUT2D eigenvalue weighted by atomic mass is 32.2. The number of sulfonamides is 1. The number of carboxylic acids is 1. The number of aliphatic carboxylic acids is 1.